The highest BCUT2D eigenvalue weighted by Gasteiger charge is 2.25. The van der Waals surface area contributed by atoms with E-state index in [9.17, 15) is 0 Å². The van der Waals surface area contributed by atoms with Gasteiger partial charge in [-0.2, -0.15) is 0 Å². The molecule has 2 aromatic heterocycles. The van der Waals surface area contributed by atoms with Crippen LogP contribution in [-0.2, 0) is 0 Å². The summed E-state index contributed by atoms with van der Waals surface area (Å²) in [5, 5.41) is 6.88. The van der Waals surface area contributed by atoms with Crippen molar-refractivity contribution in [2.45, 2.75) is 44.7 Å². The van der Waals surface area contributed by atoms with Gasteiger partial charge in [0.05, 0.1) is 6.33 Å². The molecule has 1 aliphatic carbocycles. The normalized spacial score (nSPS) is 20.4. The minimum Gasteiger partial charge on any atom is -0.365 e. The van der Waals surface area contributed by atoms with E-state index in [0.717, 1.165) is 48.7 Å². The van der Waals surface area contributed by atoms with Gasteiger partial charge in [0.15, 0.2) is 11.5 Å². The molecule has 2 fully saturated rings. The summed E-state index contributed by atoms with van der Waals surface area (Å²) in [5.74, 6) is 1.72. The van der Waals surface area contributed by atoms with Crippen LogP contribution in [0.3, 0.4) is 0 Å². The van der Waals surface area contributed by atoms with Crippen molar-refractivity contribution in [1.29, 1.82) is 0 Å². The number of aryl methyl sites for hydroxylation is 1. The van der Waals surface area contributed by atoms with Crippen molar-refractivity contribution in [2.75, 3.05) is 18.4 Å². The van der Waals surface area contributed by atoms with Crippen molar-refractivity contribution in [3.63, 3.8) is 0 Å². The molecule has 3 heterocycles. The second kappa shape index (κ2) is 4.70. The Morgan fingerprint density at radius 2 is 2.00 bits per heavy atom. The monoisotopic (exact) mass is 272 g/mol. The summed E-state index contributed by atoms with van der Waals surface area (Å²) >= 11 is 0. The zero-order valence-corrected chi connectivity index (χ0v) is 11.8. The van der Waals surface area contributed by atoms with Gasteiger partial charge >= 0.3 is 0 Å². The summed E-state index contributed by atoms with van der Waals surface area (Å²) in [6.45, 7) is 4.10. The van der Waals surface area contributed by atoms with Crippen molar-refractivity contribution < 1.29 is 0 Å². The molecule has 6 nitrogen and oxygen atoms in total. The maximum atomic E-state index is 4.63. The number of fused-ring (bicyclic) bond motifs is 1. The molecule has 106 valence electrons. The topological polar surface area (TPSA) is 67.7 Å². The second-order valence-corrected chi connectivity index (χ2v) is 5.84. The van der Waals surface area contributed by atoms with Crippen LogP contribution >= 0.6 is 0 Å². The predicted octanol–water partition coefficient (Wildman–Crippen LogP) is 1.63. The van der Waals surface area contributed by atoms with Crippen LogP contribution < -0.4 is 10.6 Å². The summed E-state index contributed by atoms with van der Waals surface area (Å²) < 4.78 is 2.24. The minimum atomic E-state index is 0.504. The molecule has 1 aliphatic heterocycles. The average molecular weight is 272 g/mol. The van der Waals surface area contributed by atoms with Crippen molar-refractivity contribution in [3.8, 4) is 0 Å². The van der Waals surface area contributed by atoms with Gasteiger partial charge < -0.3 is 15.2 Å². The van der Waals surface area contributed by atoms with Crippen LogP contribution in [0.4, 0.5) is 5.82 Å². The van der Waals surface area contributed by atoms with E-state index in [4.69, 9.17) is 0 Å². The quantitative estimate of drug-likeness (QED) is 0.889. The Balaban J connectivity index is 1.76. The lowest BCUT2D eigenvalue weighted by Gasteiger charge is -2.24. The van der Waals surface area contributed by atoms with Gasteiger partial charge in [-0.1, -0.05) is 0 Å². The molecule has 2 N–H and O–H groups in total. The number of nitrogens with one attached hydrogen (secondary N) is 2. The van der Waals surface area contributed by atoms with Crippen molar-refractivity contribution in [3.05, 3.63) is 12.2 Å². The standard InChI is InChI=1S/C14H20N6/c1-9-17-13(19-10-2-3-10)12-14(18-9)20(8-16-12)11-4-6-15-7-5-11/h8,10-11,15H,2-7H2,1H3,(H,17,18,19). The number of anilines is 1. The van der Waals surface area contributed by atoms with Crippen molar-refractivity contribution in [2.24, 2.45) is 0 Å². The van der Waals surface area contributed by atoms with E-state index >= 15 is 0 Å². The van der Waals surface area contributed by atoms with Gasteiger partial charge in [-0.05, 0) is 45.7 Å². The molecule has 0 bridgehead atoms. The number of hydrogen-bond acceptors (Lipinski definition) is 5. The fraction of sp³-hybridized carbons (Fsp3) is 0.643. The highest BCUT2D eigenvalue weighted by molar-refractivity contribution is 5.83. The number of rotatable bonds is 3. The second-order valence-electron chi connectivity index (χ2n) is 5.84. The number of nitrogens with zero attached hydrogens (tertiary/aromatic N) is 4. The van der Waals surface area contributed by atoms with Crippen LogP contribution in [0, 0.1) is 6.92 Å². The smallest absolute Gasteiger partial charge is 0.166 e. The van der Waals surface area contributed by atoms with E-state index in [1.54, 1.807) is 0 Å². The lowest BCUT2D eigenvalue weighted by Crippen LogP contribution is -2.29. The first-order valence-electron chi connectivity index (χ1n) is 7.50. The Morgan fingerprint density at radius 3 is 2.75 bits per heavy atom. The molecule has 0 radical (unpaired) electrons. The Hall–Kier alpha value is -1.69. The molecule has 2 aromatic rings. The van der Waals surface area contributed by atoms with E-state index < -0.39 is 0 Å². The largest absolute Gasteiger partial charge is 0.365 e. The van der Waals surface area contributed by atoms with Crippen LogP contribution in [0.2, 0.25) is 0 Å². The van der Waals surface area contributed by atoms with Gasteiger partial charge in [0, 0.05) is 12.1 Å². The minimum absolute atomic E-state index is 0.504. The average Bonchev–Trinajstić information content (AvgIpc) is 3.17. The third kappa shape index (κ3) is 2.14. The van der Waals surface area contributed by atoms with Gasteiger partial charge in [0.1, 0.15) is 11.3 Å². The van der Waals surface area contributed by atoms with Crippen LogP contribution in [0.5, 0.6) is 0 Å². The number of hydrogen-bond donors (Lipinski definition) is 2. The first-order valence-corrected chi connectivity index (χ1v) is 7.50. The summed E-state index contributed by atoms with van der Waals surface area (Å²) in [6, 6.07) is 1.08. The molecule has 20 heavy (non-hydrogen) atoms. The van der Waals surface area contributed by atoms with E-state index in [1.165, 1.54) is 12.8 Å². The number of piperidine rings is 1. The maximum Gasteiger partial charge on any atom is 0.166 e. The highest BCUT2D eigenvalue weighted by atomic mass is 15.2. The van der Waals surface area contributed by atoms with Gasteiger partial charge in [0.25, 0.3) is 0 Å². The van der Waals surface area contributed by atoms with Crippen molar-refractivity contribution >= 4 is 17.0 Å². The van der Waals surface area contributed by atoms with Gasteiger partial charge in [-0.25, -0.2) is 15.0 Å². The van der Waals surface area contributed by atoms with E-state index in [-0.39, 0.29) is 0 Å². The third-order valence-corrected chi connectivity index (χ3v) is 4.15. The molecule has 1 saturated carbocycles. The first kappa shape index (κ1) is 12.1. The summed E-state index contributed by atoms with van der Waals surface area (Å²) in [4.78, 5) is 13.7. The van der Waals surface area contributed by atoms with Crippen LogP contribution in [0.15, 0.2) is 6.33 Å². The molecular formula is C14H20N6. The Kier molecular flexibility index (Phi) is 2.84. The SMILES string of the molecule is Cc1nc(NC2CC2)c2ncn(C3CCNCC3)c2n1. The molecule has 4 rings (SSSR count). The van der Waals surface area contributed by atoms with E-state index in [1.807, 2.05) is 13.3 Å². The Labute approximate surface area is 118 Å². The Bertz CT molecular complexity index is 624. The molecule has 0 spiro atoms. The van der Waals surface area contributed by atoms with Crippen LogP contribution in [0.1, 0.15) is 37.5 Å². The zero-order chi connectivity index (χ0) is 13.5. The van der Waals surface area contributed by atoms with Crippen LogP contribution in [-0.4, -0.2) is 38.7 Å². The molecule has 0 amide bonds. The molecule has 1 saturated heterocycles. The zero-order valence-electron chi connectivity index (χ0n) is 11.8. The lowest BCUT2D eigenvalue weighted by molar-refractivity contribution is 0.373. The Morgan fingerprint density at radius 1 is 1.20 bits per heavy atom. The van der Waals surface area contributed by atoms with Gasteiger partial charge in [-0.15, -0.1) is 0 Å². The summed E-state index contributed by atoms with van der Waals surface area (Å²) in [7, 11) is 0. The highest BCUT2D eigenvalue weighted by Crippen LogP contribution is 2.29. The molecule has 0 atom stereocenters. The molecule has 6 heteroatoms. The fourth-order valence-corrected chi connectivity index (χ4v) is 2.90. The molecule has 0 unspecified atom stereocenters. The van der Waals surface area contributed by atoms with Gasteiger partial charge in [0.2, 0.25) is 0 Å². The molecule has 0 aromatic carbocycles. The van der Waals surface area contributed by atoms with E-state index in [2.05, 4.69) is 30.2 Å². The number of aromatic nitrogens is 4. The third-order valence-electron chi connectivity index (χ3n) is 4.15. The number of imidazole rings is 1. The molecule has 2 aliphatic rings. The predicted molar refractivity (Wildman–Crippen MR) is 77.8 cm³/mol. The summed E-state index contributed by atoms with van der Waals surface area (Å²) in [6.07, 6.45) is 6.69. The van der Waals surface area contributed by atoms with Gasteiger partial charge in [-0.3, -0.25) is 0 Å². The fourth-order valence-electron chi connectivity index (χ4n) is 2.90. The maximum absolute atomic E-state index is 4.63. The van der Waals surface area contributed by atoms with Crippen LogP contribution in [0.25, 0.3) is 11.2 Å². The van der Waals surface area contributed by atoms with E-state index in [0.29, 0.717) is 12.1 Å². The first-order chi connectivity index (χ1) is 9.81. The summed E-state index contributed by atoms with van der Waals surface area (Å²) in [5.41, 5.74) is 1.90. The molecular weight excluding hydrogens is 252 g/mol. The lowest BCUT2D eigenvalue weighted by atomic mass is 10.1. The van der Waals surface area contributed by atoms with Crippen molar-refractivity contribution in [1.82, 2.24) is 24.8 Å².